The van der Waals surface area contributed by atoms with Gasteiger partial charge >= 0.3 is 0 Å². The molecule has 1 aromatic carbocycles. The van der Waals surface area contributed by atoms with Gasteiger partial charge in [-0.25, -0.2) is 8.42 Å². The molecule has 3 rings (SSSR count). The molecule has 0 amide bonds. The Bertz CT molecular complexity index is 581. The number of rotatable bonds is 3. The lowest BCUT2D eigenvalue weighted by atomic mass is 9.86. The van der Waals surface area contributed by atoms with Crippen LogP contribution in [0, 0.1) is 5.92 Å². The second-order valence-corrected chi connectivity index (χ2v) is 8.74. The first-order chi connectivity index (χ1) is 9.99. The molecule has 21 heavy (non-hydrogen) atoms. The molecule has 1 aliphatic heterocycles. The minimum atomic E-state index is -3.21. The number of benzene rings is 1. The number of hydrogen-bond acceptors (Lipinski definition) is 4. The lowest BCUT2D eigenvalue weighted by Gasteiger charge is -2.35. The maximum absolute atomic E-state index is 12.4. The van der Waals surface area contributed by atoms with Gasteiger partial charge in [-0.2, -0.15) is 0 Å². The molecule has 0 unspecified atom stereocenters. The molecule has 4 nitrogen and oxygen atoms in total. The topological polar surface area (TPSA) is 52.6 Å². The Labute approximate surface area is 133 Å². The summed E-state index contributed by atoms with van der Waals surface area (Å²) in [5, 5.41) is 0. The van der Waals surface area contributed by atoms with Gasteiger partial charge in [0.05, 0.1) is 23.9 Å². The third-order valence-corrected chi connectivity index (χ3v) is 6.74. The predicted molar refractivity (Wildman–Crippen MR) is 82.8 cm³/mol. The van der Waals surface area contributed by atoms with Crippen LogP contribution >= 0.6 is 15.9 Å². The Balaban J connectivity index is 1.63. The summed E-state index contributed by atoms with van der Waals surface area (Å²) in [6.07, 6.45) is 3.28. The lowest BCUT2D eigenvalue weighted by molar-refractivity contribution is -0.181. The molecule has 1 saturated heterocycles. The summed E-state index contributed by atoms with van der Waals surface area (Å²) in [6, 6.07) is 6.85. The van der Waals surface area contributed by atoms with Crippen molar-refractivity contribution >= 4 is 25.8 Å². The maximum Gasteiger partial charge on any atom is 0.178 e. The number of ether oxygens (including phenoxy) is 2. The van der Waals surface area contributed by atoms with Crippen LogP contribution in [0.2, 0.25) is 0 Å². The zero-order valence-electron chi connectivity index (χ0n) is 11.8. The molecule has 1 aromatic rings. The zero-order valence-corrected chi connectivity index (χ0v) is 14.2. The van der Waals surface area contributed by atoms with E-state index in [1.54, 1.807) is 24.3 Å². The largest absolute Gasteiger partial charge is 0.348 e. The van der Waals surface area contributed by atoms with Crippen LogP contribution in [-0.4, -0.2) is 33.2 Å². The van der Waals surface area contributed by atoms with Crippen LogP contribution in [0.1, 0.15) is 25.7 Å². The molecule has 116 valence electrons. The van der Waals surface area contributed by atoms with Crippen molar-refractivity contribution in [3.8, 4) is 0 Å². The first kappa shape index (κ1) is 15.5. The fourth-order valence-electron chi connectivity index (χ4n) is 3.12. The number of halogens is 1. The second-order valence-electron chi connectivity index (χ2n) is 5.79. The fraction of sp³-hybridized carbons (Fsp3) is 0.600. The van der Waals surface area contributed by atoms with E-state index in [2.05, 4.69) is 15.9 Å². The molecule has 1 aliphatic carbocycles. The van der Waals surface area contributed by atoms with Crippen molar-refractivity contribution in [2.45, 2.75) is 36.4 Å². The average Bonchev–Trinajstić information content (AvgIpc) is 2.90. The van der Waals surface area contributed by atoms with Gasteiger partial charge in [0.25, 0.3) is 0 Å². The smallest absolute Gasteiger partial charge is 0.178 e. The van der Waals surface area contributed by atoms with E-state index in [0.717, 1.165) is 30.2 Å². The van der Waals surface area contributed by atoms with Crippen molar-refractivity contribution in [3.63, 3.8) is 0 Å². The summed E-state index contributed by atoms with van der Waals surface area (Å²) in [4.78, 5) is 0.402. The van der Waals surface area contributed by atoms with Crippen molar-refractivity contribution in [2.75, 3.05) is 19.0 Å². The third-order valence-electron chi connectivity index (χ3n) is 4.31. The average molecular weight is 375 g/mol. The number of sulfone groups is 1. The highest BCUT2D eigenvalue weighted by atomic mass is 79.9. The normalized spacial score (nSPS) is 22.7. The van der Waals surface area contributed by atoms with Crippen LogP contribution < -0.4 is 0 Å². The molecule has 2 fully saturated rings. The number of hydrogen-bond donors (Lipinski definition) is 0. The van der Waals surface area contributed by atoms with E-state index >= 15 is 0 Å². The standard InChI is InChI=1S/C15H19BrO4S/c16-13-1-3-14(4-2-13)21(17,18)11-12-5-7-15(8-6-12)19-9-10-20-15/h1-4,12H,5-11H2. The van der Waals surface area contributed by atoms with Crippen LogP contribution in [-0.2, 0) is 19.3 Å². The molecule has 0 radical (unpaired) electrons. The van der Waals surface area contributed by atoms with Crippen molar-refractivity contribution in [1.82, 2.24) is 0 Å². The second kappa shape index (κ2) is 5.99. The Morgan fingerprint density at radius 2 is 1.67 bits per heavy atom. The Morgan fingerprint density at radius 3 is 2.24 bits per heavy atom. The minimum Gasteiger partial charge on any atom is -0.348 e. The van der Waals surface area contributed by atoms with Gasteiger partial charge < -0.3 is 9.47 Å². The molecule has 2 aliphatic rings. The first-order valence-corrected chi connectivity index (χ1v) is 9.70. The van der Waals surface area contributed by atoms with E-state index < -0.39 is 15.6 Å². The van der Waals surface area contributed by atoms with E-state index in [1.165, 1.54) is 0 Å². The predicted octanol–water partition coefficient (Wildman–Crippen LogP) is 3.16. The van der Waals surface area contributed by atoms with Crippen LogP contribution in [0.25, 0.3) is 0 Å². The lowest BCUT2D eigenvalue weighted by Crippen LogP contribution is -2.36. The van der Waals surface area contributed by atoms with E-state index in [9.17, 15) is 8.42 Å². The molecule has 0 atom stereocenters. The summed E-state index contributed by atoms with van der Waals surface area (Å²) >= 11 is 3.32. The monoisotopic (exact) mass is 374 g/mol. The van der Waals surface area contributed by atoms with Crippen LogP contribution in [0.3, 0.4) is 0 Å². The van der Waals surface area contributed by atoms with Gasteiger partial charge in [0.2, 0.25) is 0 Å². The molecule has 1 spiro atoms. The van der Waals surface area contributed by atoms with Crippen molar-refractivity contribution in [2.24, 2.45) is 5.92 Å². The Morgan fingerprint density at radius 1 is 1.10 bits per heavy atom. The molecule has 0 bridgehead atoms. The zero-order chi connectivity index (χ0) is 14.9. The van der Waals surface area contributed by atoms with Gasteiger partial charge in [0.15, 0.2) is 15.6 Å². The van der Waals surface area contributed by atoms with Gasteiger partial charge in [0.1, 0.15) is 0 Å². The van der Waals surface area contributed by atoms with Gasteiger partial charge in [-0.3, -0.25) is 0 Å². The molecule has 0 aromatic heterocycles. The molecule has 0 N–H and O–H groups in total. The molecule has 1 heterocycles. The van der Waals surface area contributed by atoms with Gasteiger partial charge in [-0.05, 0) is 43.0 Å². The van der Waals surface area contributed by atoms with Crippen LogP contribution in [0.4, 0.5) is 0 Å². The minimum absolute atomic E-state index is 0.192. The summed E-state index contributed by atoms with van der Waals surface area (Å²) < 4.78 is 37.1. The van der Waals surface area contributed by atoms with E-state index in [0.29, 0.717) is 18.1 Å². The summed E-state index contributed by atoms with van der Waals surface area (Å²) in [5.74, 6) is -0.0140. The SMILES string of the molecule is O=S(=O)(CC1CCC2(CC1)OCCO2)c1ccc(Br)cc1. The van der Waals surface area contributed by atoms with Crippen molar-refractivity contribution < 1.29 is 17.9 Å². The van der Waals surface area contributed by atoms with E-state index in [4.69, 9.17) is 9.47 Å². The van der Waals surface area contributed by atoms with E-state index in [-0.39, 0.29) is 11.7 Å². The maximum atomic E-state index is 12.4. The Kier molecular flexibility index (Phi) is 4.41. The van der Waals surface area contributed by atoms with Crippen molar-refractivity contribution in [1.29, 1.82) is 0 Å². The van der Waals surface area contributed by atoms with Crippen LogP contribution in [0.5, 0.6) is 0 Å². The fourth-order valence-corrected chi connectivity index (χ4v) is 5.08. The van der Waals surface area contributed by atoms with Crippen LogP contribution in [0.15, 0.2) is 33.6 Å². The first-order valence-electron chi connectivity index (χ1n) is 7.25. The highest BCUT2D eigenvalue weighted by molar-refractivity contribution is 9.10. The summed E-state index contributed by atoms with van der Waals surface area (Å²) in [6.45, 7) is 1.31. The molecular weight excluding hydrogens is 356 g/mol. The van der Waals surface area contributed by atoms with Crippen molar-refractivity contribution in [3.05, 3.63) is 28.7 Å². The van der Waals surface area contributed by atoms with E-state index in [1.807, 2.05) is 0 Å². The summed E-state index contributed by atoms with van der Waals surface area (Å²) in [7, 11) is -3.21. The highest BCUT2D eigenvalue weighted by Gasteiger charge is 2.41. The Hall–Kier alpha value is -0.430. The molecular formula is C15H19BrO4S. The summed E-state index contributed by atoms with van der Waals surface area (Å²) in [5.41, 5.74) is 0. The van der Waals surface area contributed by atoms with Gasteiger partial charge in [-0.15, -0.1) is 0 Å². The quantitative estimate of drug-likeness (QED) is 0.815. The van der Waals surface area contributed by atoms with Gasteiger partial charge in [0, 0.05) is 17.3 Å². The van der Waals surface area contributed by atoms with Gasteiger partial charge in [-0.1, -0.05) is 15.9 Å². The third kappa shape index (κ3) is 3.50. The highest BCUT2D eigenvalue weighted by Crippen LogP contribution is 2.39. The molecule has 6 heteroatoms. The molecule has 1 saturated carbocycles.